The molecule has 1 rings (SSSR count). The number of nitrogens with one attached hydrogen (secondary N) is 3. The fraction of sp³-hybridized carbons (Fsp3) is 0.429. The van der Waals surface area contributed by atoms with Crippen LogP contribution in [-0.2, 0) is 35.2 Å². The lowest BCUT2D eigenvalue weighted by Crippen LogP contribution is -2.58. The summed E-state index contributed by atoms with van der Waals surface area (Å²) in [5.41, 5.74) is 10.9. The summed E-state index contributed by atoms with van der Waals surface area (Å²) in [4.78, 5) is 71.5. The second-order valence-electron chi connectivity index (χ2n) is 7.78. The van der Waals surface area contributed by atoms with Gasteiger partial charge in [0.25, 0.3) is 0 Å². The molecule has 198 valence electrons. The van der Waals surface area contributed by atoms with Gasteiger partial charge in [-0.15, -0.1) is 0 Å². The first kappa shape index (κ1) is 29.8. The minimum Gasteiger partial charge on any atom is -0.508 e. The van der Waals surface area contributed by atoms with Crippen LogP contribution >= 0.6 is 0 Å². The molecule has 0 aliphatic heterocycles. The number of aromatic hydroxyl groups is 1. The van der Waals surface area contributed by atoms with E-state index in [1.54, 1.807) is 0 Å². The van der Waals surface area contributed by atoms with Gasteiger partial charge in [-0.3, -0.25) is 24.0 Å². The van der Waals surface area contributed by atoms with E-state index >= 15 is 0 Å². The van der Waals surface area contributed by atoms with Crippen molar-refractivity contribution >= 4 is 35.6 Å². The van der Waals surface area contributed by atoms with Crippen LogP contribution in [0.15, 0.2) is 24.3 Å². The number of rotatable bonds is 15. The van der Waals surface area contributed by atoms with Gasteiger partial charge in [-0.25, -0.2) is 4.79 Å². The summed E-state index contributed by atoms with van der Waals surface area (Å²) in [6.07, 6.45) is -1.84. The van der Waals surface area contributed by atoms with E-state index in [9.17, 15) is 39.0 Å². The lowest BCUT2D eigenvalue weighted by atomic mass is 10.0. The topological polar surface area (TPSA) is 271 Å². The number of hydrogen-bond acceptors (Lipinski definition) is 9. The zero-order valence-corrected chi connectivity index (χ0v) is 19.0. The third-order valence-electron chi connectivity index (χ3n) is 4.85. The van der Waals surface area contributed by atoms with Gasteiger partial charge < -0.3 is 47.8 Å². The smallest absolute Gasteiger partial charge is 0.326 e. The molecular weight excluding hydrogens is 482 g/mol. The van der Waals surface area contributed by atoms with Crippen molar-refractivity contribution in [1.29, 1.82) is 0 Å². The Labute approximate surface area is 204 Å². The number of carboxylic acids is 2. The number of primary amides is 1. The van der Waals surface area contributed by atoms with E-state index in [2.05, 4.69) is 16.0 Å². The van der Waals surface area contributed by atoms with Crippen molar-refractivity contribution in [3.05, 3.63) is 29.8 Å². The molecule has 15 heteroatoms. The van der Waals surface area contributed by atoms with Crippen molar-refractivity contribution in [1.82, 2.24) is 16.0 Å². The van der Waals surface area contributed by atoms with Crippen LogP contribution in [0.3, 0.4) is 0 Å². The number of aliphatic hydroxyl groups excluding tert-OH is 1. The Bertz CT molecular complexity index is 968. The molecule has 0 aliphatic rings. The van der Waals surface area contributed by atoms with Crippen LogP contribution in [0.5, 0.6) is 5.75 Å². The van der Waals surface area contributed by atoms with Gasteiger partial charge in [-0.2, -0.15) is 0 Å². The highest BCUT2D eigenvalue weighted by molar-refractivity contribution is 5.95. The molecule has 0 fully saturated rings. The number of carbonyl (C=O) groups is 6. The van der Waals surface area contributed by atoms with Crippen LogP contribution in [-0.4, -0.2) is 86.8 Å². The van der Waals surface area contributed by atoms with Gasteiger partial charge in [0, 0.05) is 12.8 Å². The highest BCUT2D eigenvalue weighted by Crippen LogP contribution is 2.12. The summed E-state index contributed by atoms with van der Waals surface area (Å²) in [5, 5.41) is 43.4. The Balaban J connectivity index is 3.03. The van der Waals surface area contributed by atoms with E-state index in [4.69, 9.17) is 21.7 Å². The number of amides is 4. The molecule has 0 aliphatic carbocycles. The van der Waals surface area contributed by atoms with E-state index in [1.165, 1.54) is 24.3 Å². The Kier molecular flexibility index (Phi) is 11.8. The quantitative estimate of drug-likeness (QED) is 0.112. The number of benzene rings is 1. The zero-order chi connectivity index (χ0) is 27.4. The minimum atomic E-state index is -1.75. The molecule has 0 spiro atoms. The summed E-state index contributed by atoms with van der Waals surface area (Å²) in [7, 11) is 0. The first-order chi connectivity index (χ1) is 16.8. The molecule has 36 heavy (non-hydrogen) atoms. The Morgan fingerprint density at radius 2 is 1.36 bits per heavy atom. The standard InChI is InChI=1S/C21H29N5O10/c22-12(9-27)18(32)24-13(5-6-16(23)29)19(33)25-14(8-17(30)31)20(34)26-15(21(35)36)7-10-1-3-11(28)4-2-10/h1-4,12-15,27-28H,5-9,22H2,(H2,23,29)(H,24,32)(H,25,33)(H,26,34)(H,30,31)(H,35,36). The van der Waals surface area contributed by atoms with Crippen molar-refractivity contribution in [3.8, 4) is 5.75 Å². The molecule has 0 saturated heterocycles. The lowest BCUT2D eigenvalue weighted by molar-refractivity contribution is -0.143. The van der Waals surface area contributed by atoms with Crippen molar-refractivity contribution in [2.45, 2.75) is 49.9 Å². The van der Waals surface area contributed by atoms with Gasteiger partial charge in [0.2, 0.25) is 23.6 Å². The maximum atomic E-state index is 12.7. The Morgan fingerprint density at radius 3 is 1.86 bits per heavy atom. The molecule has 11 N–H and O–H groups in total. The third kappa shape index (κ3) is 10.4. The lowest BCUT2D eigenvalue weighted by Gasteiger charge is -2.24. The Morgan fingerprint density at radius 1 is 0.833 bits per heavy atom. The van der Waals surface area contributed by atoms with E-state index in [1.807, 2.05) is 0 Å². The van der Waals surface area contributed by atoms with Crippen LogP contribution in [0.2, 0.25) is 0 Å². The third-order valence-corrected chi connectivity index (χ3v) is 4.85. The molecule has 0 aromatic heterocycles. The van der Waals surface area contributed by atoms with Crippen LogP contribution in [0.25, 0.3) is 0 Å². The number of phenolic OH excluding ortho intramolecular Hbond substituents is 1. The van der Waals surface area contributed by atoms with Crippen molar-refractivity contribution in [3.63, 3.8) is 0 Å². The van der Waals surface area contributed by atoms with Crippen molar-refractivity contribution in [2.75, 3.05) is 6.61 Å². The fourth-order valence-electron chi connectivity index (χ4n) is 2.91. The molecule has 0 heterocycles. The number of carbonyl (C=O) groups excluding carboxylic acids is 4. The normalized spacial score (nSPS) is 13.9. The summed E-state index contributed by atoms with van der Waals surface area (Å²) in [6.45, 7) is -0.752. The number of aliphatic carboxylic acids is 2. The van der Waals surface area contributed by atoms with Gasteiger partial charge in [0.15, 0.2) is 0 Å². The van der Waals surface area contributed by atoms with E-state index in [0.717, 1.165) is 0 Å². The number of hydrogen-bond donors (Lipinski definition) is 9. The van der Waals surface area contributed by atoms with Gasteiger partial charge in [0.1, 0.15) is 29.9 Å². The summed E-state index contributed by atoms with van der Waals surface area (Å²) in [5.74, 6) is -6.97. The summed E-state index contributed by atoms with van der Waals surface area (Å²) < 4.78 is 0. The molecule has 1 aromatic rings. The van der Waals surface area contributed by atoms with E-state index < -0.39 is 72.8 Å². The van der Waals surface area contributed by atoms with Crippen LogP contribution < -0.4 is 27.4 Å². The predicted octanol–water partition coefficient (Wildman–Crippen LogP) is -3.47. The van der Waals surface area contributed by atoms with E-state index in [-0.39, 0.29) is 25.0 Å². The van der Waals surface area contributed by atoms with Gasteiger partial charge in [-0.05, 0) is 24.1 Å². The van der Waals surface area contributed by atoms with Gasteiger partial charge in [0.05, 0.1) is 13.0 Å². The molecule has 1 aromatic carbocycles. The SMILES string of the molecule is NC(=O)CCC(NC(=O)C(N)CO)C(=O)NC(CC(=O)O)C(=O)NC(Cc1ccc(O)cc1)C(=O)O. The van der Waals surface area contributed by atoms with Crippen LogP contribution in [0.1, 0.15) is 24.8 Å². The summed E-state index contributed by atoms with van der Waals surface area (Å²) >= 11 is 0. The maximum Gasteiger partial charge on any atom is 0.326 e. The molecule has 4 amide bonds. The zero-order valence-electron chi connectivity index (χ0n) is 19.0. The highest BCUT2D eigenvalue weighted by Gasteiger charge is 2.31. The van der Waals surface area contributed by atoms with Crippen LogP contribution in [0, 0.1) is 0 Å². The molecule has 0 bridgehead atoms. The molecule has 0 radical (unpaired) electrons. The van der Waals surface area contributed by atoms with Crippen molar-refractivity contribution in [2.24, 2.45) is 11.5 Å². The molecule has 4 unspecified atom stereocenters. The maximum absolute atomic E-state index is 12.7. The van der Waals surface area contributed by atoms with Gasteiger partial charge >= 0.3 is 11.9 Å². The second-order valence-corrected chi connectivity index (χ2v) is 7.78. The summed E-state index contributed by atoms with van der Waals surface area (Å²) in [6, 6.07) is -0.658. The molecule has 0 saturated carbocycles. The van der Waals surface area contributed by atoms with Crippen molar-refractivity contribution < 1.29 is 49.2 Å². The largest absolute Gasteiger partial charge is 0.508 e. The van der Waals surface area contributed by atoms with Gasteiger partial charge in [-0.1, -0.05) is 12.1 Å². The first-order valence-electron chi connectivity index (χ1n) is 10.6. The Hall–Kier alpha value is -4.24. The number of nitrogens with two attached hydrogens (primary N) is 2. The monoisotopic (exact) mass is 511 g/mol. The fourth-order valence-corrected chi connectivity index (χ4v) is 2.91. The number of aliphatic hydroxyl groups is 1. The van der Waals surface area contributed by atoms with Crippen LogP contribution in [0.4, 0.5) is 0 Å². The van der Waals surface area contributed by atoms with E-state index in [0.29, 0.717) is 5.56 Å². The average Bonchev–Trinajstić information content (AvgIpc) is 2.80. The number of carboxylic acid groups (broad SMARTS) is 2. The predicted molar refractivity (Wildman–Crippen MR) is 121 cm³/mol. The second kappa shape index (κ2) is 14.2. The molecule has 15 nitrogen and oxygen atoms in total. The minimum absolute atomic E-state index is 0.0585. The molecular formula is C21H29N5O10. The highest BCUT2D eigenvalue weighted by atomic mass is 16.4. The molecule has 4 atom stereocenters. The average molecular weight is 511 g/mol. The first-order valence-corrected chi connectivity index (χ1v) is 10.6. The number of phenols is 1.